The molecule has 2 aromatic carbocycles. The smallest absolute Gasteiger partial charge is 0.123 e. The summed E-state index contributed by atoms with van der Waals surface area (Å²) in [6, 6.07) is 15.7. The Hall–Kier alpha value is -1.32. The molecule has 21 heavy (non-hydrogen) atoms. The second-order valence-corrected chi connectivity index (χ2v) is 6.23. The van der Waals surface area contributed by atoms with Gasteiger partial charge < -0.3 is 5.32 Å². The van der Waals surface area contributed by atoms with E-state index in [1.54, 1.807) is 12.1 Å². The fourth-order valence-corrected chi connectivity index (χ4v) is 3.42. The first-order valence-electron chi connectivity index (χ1n) is 7.35. The summed E-state index contributed by atoms with van der Waals surface area (Å²) in [6.45, 7) is 5.17. The van der Waals surface area contributed by atoms with Gasteiger partial charge in [0.05, 0.1) is 0 Å². The van der Waals surface area contributed by atoms with Gasteiger partial charge in [0.15, 0.2) is 0 Å². The minimum absolute atomic E-state index is 0.158. The van der Waals surface area contributed by atoms with E-state index in [1.807, 2.05) is 17.8 Å². The lowest BCUT2D eigenvalue weighted by Crippen LogP contribution is -2.33. The van der Waals surface area contributed by atoms with E-state index in [9.17, 15) is 4.39 Å². The van der Waals surface area contributed by atoms with Crippen LogP contribution in [0.3, 0.4) is 0 Å². The molecule has 0 radical (unpaired) electrons. The molecule has 0 aliphatic rings. The summed E-state index contributed by atoms with van der Waals surface area (Å²) >= 11 is 1.86. The van der Waals surface area contributed by atoms with E-state index >= 15 is 0 Å². The van der Waals surface area contributed by atoms with Crippen LogP contribution in [0, 0.1) is 12.7 Å². The second kappa shape index (κ2) is 8.20. The molecule has 0 bridgehead atoms. The third-order valence-corrected chi connectivity index (χ3v) is 4.74. The Kier molecular flexibility index (Phi) is 6.27. The van der Waals surface area contributed by atoms with Gasteiger partial charge in [-0.05, 0) is 49.2 Å². The number of hydrogen-bond donors (Lipinski definition) is 1. The van der Waals surface area contributed by atoms with Gasteiger partial charge in [-0.15, -0.1) is 11.8 Å². The van der Waals surface area contributed by atoms with E-state index < -0.39 is 0 Å². The van der Waals surface area contributed by atoms with E-state index in [0.717, 1.165) is 24.3 Å². The first kappa shape index (κ1) is 16.1. The molecule has 0 aliphatic carbocycles. The highest BCUT2D eigenvalue weighted by molar-refractivity contribution is 7.99. The van der Waals surface area contributed by atoms with Crippen molar-refractivity contribution in [1.82, 2.24) is 5.32 Å². The zero-order valence-electron chi connectivity index (χ0n) is 12.6. The van der Waals surface area contributed by atoms with Gasteiger partial charge in [-0.1, -0.05) is 37.3 Å². The lowest BCUT2D eigenvalue weighted by Gasteiger charge is -2.18. The van der Waals surface area contributed by atoms with Crippen LogP contribution in [0.2, 0.25) is 0 Å². The SMILES string of the molecule is CCNC(CSc1ccccc1C)Cc1cccc(F)c1. The zero-order valence-corrected chi connectivity index (χ0v) is 13.4. The van der Waals surface area contributed by atoms with Crippen molar-refractivity contribution in [3.8, 4) is 0 Å². The van der Waals surface area contributed by atoms with Crippen LogP contribution >= 0.6 is 11.8 Å². The maximum Gasteiger partial charge on any atom is 0.123 e. The van der Waals surface area contributed by atoms with Gasteiger partial charge in [0.1, 0.15) is 5.82 Å². The van der Waals surface area contributed by atoms with Gasteiger partial charge in [0, 0.05) is 16.7 Å². The van der Waals surface area contributed by atoms with Gasteiger partial charge in [-0.3, -0.25) is 0 Å². The Labute approximate surface area is 131 Å². The monoisotopic (exact) mass is 303 g/mol. The number of aryl methyl sites for hydroxylation is 1. The number of thioether (sulfide) groups is 1. The predicted molar refractivity (Wildman–Crippen MR) is 89.5 cm³/mol. The van der Waals surface area contributed by atoms with Crippen molar-refractivity contribution in [1.29, 1.82) is 0 Å². The normalized spacial score (nSPS) is 12.3. The highest BCUT2D eigenvalue weighted by atomic mass is 32.2. The van der Waals surface area contributed by atoms with Crippen molar-refractivity contribution in [2.45, 2.75) is 31.2 Å². The average molecular weight is 303 g/mol. The summed E-state index contributed by atoms with van der Waals surface area (Å²) in [4.78, 5) is 1.32. The number of nitrogens with one attached hydrogen (secondary N) is 1. The van der Waals surface area contributed by atoms with Crippen LogP contribution in [0.15, 0.2) is 53.4 Å². The third-order valence-electron chi connectivity index (χ3n) is 3.40. The van der Waals surface area contributed by atoms with Gasteiger partial charge in [-0.2, -0.15) is 0 Å². The number of hydrogen-bond acceptors (Lipinski definition) is 2. The molecule has 1 N–H and O–H groups in total. The molecule has 3 heteroatoms. The highest BCUT2D eigenvalue weighted by Gasteiger charge is 2.10. The van der Waals surface area contributed by atoms with E-state index in [2.05, 4.69) is 43.4 Å². The van der Waals surface area contributed by atoms with Crippen LogP contribution in [-0.2, 0) is 6.42 Å². The number of halogens is 1. The molecular formula is C18H22FNS. The van der Waals surface area contributed by atoms with Crippen molar-refractivity contribution in [3.05, 3.63) is 65.5 Å². The molecule has 0 aliphatic heterocycles. The summed E-state index contributed by atoms with van der Waals surface area (Å²) < 4.78 is 13.3. The lowest BCUT2D eigenvalue weighted by atomic mass is 10.1. The number of likely N-dealkylation sites (N-methyl/N-ethyl adjacent to an activating group) is 1. The predicted octanol–water partition coefficient (Wildman–Crippen LogP) is 4.45. The molecule has 1 atom stereocenters. The molecular weight excluding hydrogens is 281 g/mol. The zero-order chi connectivity index (χ0) is 15.1. The van der Waals surface area contributed by atoms with Gasteiger partial charge >= 0.3 is 0 Å². The van der Waals surface area contributed by atoms with Gasteiger partial charge in [0.2, 0.25) is 0 Å². The van der Waals surface area contributed by atoms with Crippen molar-refractivity contribution >= 4 is 11.8 Å². The van der Waals surface area contributed by atoms with Crippen LogP contribution in [0.4, 0.5) is 4.39 Å². The van der Waals surface area contributed by atoms with Crippen molar-refractivity contribution in [2.75, 3.05) is 12.3 Å². The Balaban J connectivity index is 1.97. The molecule has 0 aromatic heterocycles. The van der Waals surface area contributed by atoms with Crippen molar-refractivity contribution in [2.24, 2.45) is 0 Å². The summed E-state index contributed by atoms with van der Waals surface area (Å²) in [5.74, 6) is 0.823. The standard InChI is InChI=1S/C18H22FNS/c1-3-20-17(12-15-8-6-9-16(19)11-15)13-21-18-10-5-4-7-14(18)2/h4-11,17,20H,3,12-13H2,1-2H3. The largest absolute Gasteiger partial charge is 0.313 e. The topological polar surface area (TPSA) is 12.0 Å². The maximum atomic E-state index is 13.3. The van der Waals surface area contributed by atoms with Crippen molar-refractivity contribution < 1.29 is 4.39 Å². The van der Waals surface area contributed by atoms with E-state index in [-0.39, 0.29) is 5.82 Å². The molecule has 112 valence electrons. The number of benzene rings is 2. The Morgan fingerprint density at radius 3 is 2.67 bits per heavy atom. The Bertz CT molecular complexity index is 571. The lowest BCUT2D eigenvalue weighted by molar-refractivity contribution is 0.568. The molecule has 0 fully saturated rings. The molecule has 0 heterocycles. The van der Waals surface area contributed by atoms with Crippen LogP contribution in [0.25, 0.3) is 0 Å². The quantitative estimate of drug-likeness (QED) is 0.759. The third kappa shape index (κ3) is 5.18. The molecule has 0 amide bonds. The Morgan fingerprint density at radius 1 is 1.14 bits per heavy atom. The van der Waals surface area contributed by atoms with Crippen LogP contribution in [0.5, 0.6) is 0 Å². The molecule has 1 unspecified atom stereocenters. The molecule has 0 saturated carbocycles. The van der Waals surface area contributed by atoms with Crippen LogP contribution in [0.1, 0.15) is 18.1 Å². The fourth-order valence-electron chi connectivity index (χ4n) is 2.34. The van der Waals surface area contributed by atoms with Crippen LogP contribution < -0.4 is 5.32 Å². The molecule has 2 rings (SSSR count). The van der Waals surface area contributed by atoms with E-state index in [0.29, 0.717) is 6.04 Å². The second-order valence-electron chi connectivity index (χ2n) is 5.17. The van der Waals surface area contributed by atoms with Gasteiger partial charge in [0.25, 0.3) is 0 Å². The van der Waals surface area contributed by atoms with E-state index in [1.165, 1.54) is 16.5 Å². The van der Waals surface area contributed by atoms with Crippen LogP contribution in [-0.4, -0.2) is 18.3 Å². The Morgan fingerprint density at radius 2 is 1.95 bits per heavy atom. The summed E-state index contributed by atoms with van der Waals surface area (Å²) in [6.07, 6.45) is 0.852. The van der Waals surface area contributed by atoms with Gasteiger partial charge in [-0.25, -0.2) is 4.39 Å². The summed E-state index contributed by atoms with van der Waals surface area (Å²) in [7, 11) is 0. The molecule has 2 aromatic rings. The fraction of sp³-hybridized carbons (Fsp3) is 0.333. The van der Waals surface area contributed by atoms with E-state index in [4.69, 9.17) is 0 Å². The minimum atomic E-state index is -0.158. The summed E-state index contributed by atoms with van der Waals surface area (Å²) in [5, 5.41) is 3.50. The minimum Gasteiger partial charge on any atom is -0.313 e. The highest BCUT2D eigenvalue weighted by Crippen LogP contribution is 2.23. The van der Waals surface area contributed by atoms with Crippen molar-refractivity contribution in [3.63, 3.8) is 0 Å². The number of rotatable bonds is 7. The first-order chi connectivity index (χ1) is 10.2. The first-order valence-corrected chi connectivity index (χ1v) is 8.34. The molecule has 0 saturated heterocycles. The molecule has 1 nitrogen and oxygen atoms in total. The summed E-state index contributed by atoms with van der Waals surface area (Å²) in [5.41, 5.74) is 2.36. The maximum absolute atomic E-state index is 13.3. The average Bonchev–Trinajstić information content (AvgIpc) is 2.46. The molecule has 0 spiro atoms.